The first-order valence-electron chi connectivity index (χ1n) is 7.61. The fourth-order valence-electron chi connectivity index (χ4n) is 3.56. The summed E-state index contributed by atoms with van der Waals surface area (Å²) in [7, 11) is 0. The molecule has 1 aromatic carbocycles. The van der Waals surface area contributed by atoms with Gasteiger partial charge in [0.05, 0.1) is 0 Å². The molecule has 2 fully saturated rings. The summed E-state index contributed by atoms with van der Waals surface area (Å²) in [6.45, 7) is 5.03. The lowest BCUT2D eigenvalue weighted by atomic mass is 9.96. The molecule has 0 aromatic heterocycles. The number of rotatable bonds is 3. The zero-order chi connectivity index (χ0) is 13.9. The molecule has 2 heterocycles. The fraction of sp³-hybridized carbons (Fsp3) is 0.625. The second-order valence-corrected chi connectivity index (χ2v) is 6.07. The van der Waals surface area contributed by atoms with Gasteiger partial charge < -0.3 is 10.2 Å². The van der Waals surface area contributed by atoms with Crippen LogP contribution in [-0.2, 0) is 0 Å². The summed E-state index contributed by atoms with van der Waals surface area (Å²) < 4.78 is 27.6. The van der Waals surface area contributed by atoms with E-state index < -0.39 is 11.6 Å². The van der Waals surface area contributed by atoms with Gasteiger partial charge in [-0.05, 0) is 56.9 Å². The van der Waals surface area contributed by atoms with E-state index in [1.54, 1.807) is 0 Å². The molecule has 1 unspecified atom stereocenters. The van der Waals surface area contributed by atoms with Crippen molar-refractivity contribution in [3.63, 3.8) is 0 Å². The molecule has 2 aliphatic heterocycles. The van der Waals surface area contributed by atoms with E-state index in [2.05, 4.69) is 10.2 Å². The van der Waals surface area contributed by atoms with E-state index in [0.29, 0.717) is 5.56 Å². The van der Waals surface area contributed by atoms with Crippen molar-refractivity contribution in [3.05, 3.63) is 35.4 Å². The van der Waals surface area contributed by atoms with Crippen molar-refractivity contribution in [1.82, 2.24) is 10.2 Å². The van der Waals surface area contributed by atoms with Crippen LogP contribution in [0.3, 0.4) is 0 Å². The molecule has 0 aliphatic carbocycles. The average Bonchev–Trinajstić information content (AvgIpc) is 2.88. The zero-order valence-corrected chi connectivity index (χ0v) is 13.0. The van der Waals surface area contributed by atoms with Gasteiger partial charge in [-0.3, -0.25) is 0 Å². The summed E-state index contributed by atoms with van der Waals surface area (Å²) in [4.78, 5) is 2.38. The summed E-state index contributed by atoms with van der Waals surface area (Å²) in [5.41, 5.74) is 0.292. The molecule has 2 nitrogen and oxygen atoms in total. The Morgan fingerprint density at radius 1 is 1.10 bits per heavy atom. The molecule has 1 atom stereocenters. The molecule has 0 saturated carbocycles. The van der Waals surface area contributed by atoms with Gasteiger partial charge in [-0.2, -0.15) is 0 Å². The molecule has 21 heavy (non-hydrogen) atoms. The maximum atomic E-state index is 13.8. The first-order chi connectivity index (χ1) is 9.74. The van der Waals surface area contributed by atoms with Crippen LogP contribution in [0.2, 0.25) is 0 Å². The predicted octanol–water partition coefficient (Wildman–Crippen LogP) is 3.18. The van der Waals surface area contributed by atoms with Crippen LogP contribution in [0.25, 0.3) is 0 Å². The minimum atomic E-state index is -0.390. The highest BCUT2D eigenvalue weighted by Gasteiger charge is 2.29. The molecule has 0 radical (unpaired) electrons. The number of benzene rings is 1. The normalized spacial score (nSPS) is 24.0. The standard InChI is InChI=1S/C16H22F2N2.ClH/c17-14-2-1-3-15(18)16(14)13-6-9-20(11-13)10-12-4-7-19-8-5-12;/h1-3,12-13,19H,4-11H2;1H. The van der Waals surface area contributed by atoms with E-state index >= 15 is 0 Å². The highest BCUT2D eigenvalue weighted by atomic mass is 35.5. The van der Waals surface area contributed by atoms with Crippen LogP contribution in [0.4, 0.5) is 8.78 Å². The van der Waals surface area contributed by atoms with E-state index in [9.17, 15) is 8.78 Å². The molecular weight excluding hydrogens is 294 g/mol. The first-order valence-corrected chi connectivity index (χ1v) is 7.61. The third-order valence-corrected chi connectivity index (χ3v) is 4.66. The lowest BCUT2D eigenvalue weighted by molar-refractivity contribution is 0.238. The van der Waals surface area contributed by atoms with Gasteiger partial charge in [0.1, 0.15) is 11.6 Å². The van der Waals surface area contributed by atoms with Crippen molar-refractivity contribution in [3.8, 4) is 0 Å². The molecule has 0 amide bonds. The van der Waals surface area contributed by atoms with Crippen molar-refractivity contribution >= 4 is 12.4 Å². The van der Waals surface area contributed by atoms with Gasteiger partial charge in [-0.25, -0.2) is 8.78 Å². The zero-order valence-electron chi connectivity index (χ0n) is 12.2. The van der Waals surface area contributed by atoms with Gasteiger partial charge in [-0.1, -0.05) is 6.07 Å². The van der Waals surface area contributed by atoms with Crippen LogP contribution < -0.4 is 5.32 Å². The van der Waals surface area contributed by atoms with Crippen molar-refractivity contribution in [1.29, 1.82) is 0 Å². The Labute approximate surface area is 131 Å². The smallest absolute Gasteiger partial charge is 0.129 e. The van der Waals surface area contributed by atoms with Gasteiger partial charge in [0, 0.05) is 24.6 Å². The van der Waals surface area contributed by atoms with Gasteiger partial charge in [0.25, 0.3) is 0 Å². The summed E-state index contributed by atoms with van der Waals surface area (Å²) in [6.07, 6.45) is 3.30. The largest absolute Gasteiger partial charge is 0.317 e. The topological polar surface area (TPSA) is 15.3 Å². The number of hydrogen-bond donors (Lipinski definition) is 1. The van der Waals surface area contributed by atoms with E-state index in [4.69, 9.17) is 0 Å². The molecule has 1 N–H and O–H groups in total. The van der Waals surface area contributed by atoms with Crippen molar-refractivity contribution in [2.75, 3.05) is 32.7 Å². The van der Waals surface area contributed by atoms with Crippen molar-refractivity contribution in [2.45, 2.75) is 25.2 Å². The molecule has 0 bridgehead atoms. The van der Waals surface area contributed by atoms with Crippen LogP contribution in [-0.4, -0.2) is 37.6 Å². The van der Waals surface area contributed by atoms with Crippen LogP contribution in [0, 0.1) is 17.6 Å². The summed E-state index contributed by atoms with van der Waals surface area (Å²) in [5.74, 6) is -0.0317. The Morgan fingerprint density at radius 3 is 2.43 bits per heavy atom. The van der Waals surface area contributed by atoms with Crippen molar-refractivity contribution < 1.29 is 8.78 Å². The fourth-order valence-corrected chi connectivity index (χ4v) is 3.56. The van der Waals surface area contributed by atoms with E-state index in [0.717, 1.165) is 45.1 Å². The van der Waals surface area contributed by atoms with Crippen molar-refractivity contribution in [2.24, 2.45) is 5.92 Å². The summed E-state index contributed by atoms with van der Waals surface area (Å²) in [5, 5.41) is 3.37. The predicted molar refractivity (Wildman–Crippen MR) is 83.0 cm³/mol. The molecule has 5 heteroatoms. The maximum Gasteiger partial charge on any atom is 0.129 e. The van der Waals surface area contributed by atoms with Gasteiger partial charge >= 0.3 is 0 Å². The maximum absolute atomic E-state index is 13.8. The molecule has 2 aliphatic rings. The minimum Gasteiger partial charge on any atom is -0.317 e. The monoisotopic (exact) mass is 316 g/mol. The molecule has 0 spiro atoms. The van der Waals surface area contributed by atoms with Crippen LogP contribution in [0.1, 0.15) is 30.7 Å². The van der Waals surface area contributed by atoms with Crippen LogP contribution in [0.15, 0.2) is 18.2 Å². The lowest BCUT2D eigenvalue weighted by Gasteiger charge is -2.27. The summed E-state index contributed by atoms with van der Waals surface area (Å²) in [6, 6.07) is 4.18. The number of nitrogens with one attached hydrogen (secondary N) is 1. The Hall–Kier alpha value is -0.710. The van der Waals surface area contributed by atoms with E-state index in [1.807, 2.05) is 0 Å². The number of piperidine rings is 1. The number of hydrogen-bond acceptors (Lipinski definition) is 2. The van der Waals surface area contributed by atoms with Gasteiger partial charge in [0.15, 0.2) is 0 Å². The third-order valence-electron chi connectivity index (χ3n) is 4.66. The third kappa shape index (κ3) is 3.93. The molecule has 3 rings (SSSR count). The Bertz CT molecular complexity index is 443. The molecule has 2 saturated heterocycles. The molecule has 118 valence electrons. The number of nitrogens with zero attached hydrogens (tertiary/aromatic N) is 1. The first kappa shape index (κ1) is 16.7. The van der Waals surface area contributed by atoms with Crippen LogP contribution >= 0.6 is 12.4 Å². The average molecular weight is 317 g/mol. The molecular formula is C16H23ClF2N2. The Balaban J connectivity index is 0.00000161. The quantitative estimate of drug-likeness (QED) is 0.921. The minimum absolute atomic E-state index is 0. The second-order valence-electron chi connectivity index (χ2n) is 6.07. The van der Waals surface area contributed by atoms with Gasteiger partial charge in [-0.15, -0.1) is 12.4 Å². The molecule has 1 aromatic rings. The Morgan fingerprint density at radius 2 is 1.76 bits per heavy atom. The van der Waals surface area contributed by atoms with Gasteiger partial charge in [0.2, 0.25) is 0 Å². The van der Waals surface area contributed by atoms with E-state index in [1.165, 1.54) is 31.0 Å². The SMILES string of the molecule is Cl.Fc1cccc(F)c1C1CCN(CC2CCNCC2)C1. The number of halogens is 3. The number of likely N-dealkylation sites (tertiary alicyclic amines) is 1. The van der Waals surface area contributed by atoms with Crippen LogP contribution in [0.5, 0.6) is 0 Å². The Kier molecular flexibility index (Phi) is 5.97. The highest BCUT2D eigenvalue weighted by molar-refractivity contribution is 5.85. The lowest BCUT2D eigenvalue weighted by Crippen LogP contribution is -2.35. The summed E-state index contributed by atoms with van der Waals surface area (Å²) >= 11 is 0. The van der Waals surface area contributed by atoms with E-state index in [-0.39, 0.29) is 18.3 Å². The highest BCUT2D eigenvalue weighted by Crippen LogP contribution is 2.31. The second kappa shape index (κ2) is 7.52.